The highest BCUT2D eigenvalue weighted by atomic mass is 16.6. The highest BCUT2D eigenvalue weighted by Crippen LogP contribution is 2.36. The van der Waals surface area contributed by atoms with Crippen molar-refractivity contribution in [1.82, 2.24) is 20.0 Å². The molecule has 4 rings (SSSR count). The second kappa shape index (κ2) is 10.9. The van der Waals surface area contributed by atoms with Crippen molar-refractivity contribution >= 4 is 18.1 Å². The Bertz CT molecular complexity index is 760. The first-order chi connectivity index (χ1) is 16.7. The zero-order valence-corrected chi connectivity index (χ0v) is 22.0. The number of piperidine rings is 2. The number of urea groups is 1. The minimum atomic E-state index is -0.462. The molecule has 0 aromatic carbocycles. The van der Waals surface area contributed by atoms with E-state index < -0.39 is 5.60 Å². The molecule has 9 heteroatoms. The van der Waals surface area contributed by atoms with E-state index in [0.29, 0.717) is 12.0 Å². The Labute approximate surface area is 209 Å². The highest BCUT2D eigenvalue weighted by molar-refractivity contribution is 5.77. The van der Waals surface area contributed by atoms with Crippen molar-refractivity contribution in [3.63, 3.8) is 0 Å². The summed E-state index contributed by atoms with van der Waals surface area (Å²) in [6, 6.07) is 1.08. The maximum atomic E-state index is 12.8. The molecule has 3 heterocycles. The number of carbonyl (C=O) groups excluding carboxylic acids is 3. The normalized spacial score (nSPS) is 29.7. The molecular formula is C26H44N4O5. The summed E-state index contributed by atoms with van der Waals surface area (Å²) in [4.78, 5) is 43.6. The molecule has 0 aromatic rings. The number of hydrogen-bond acceptors (Lipinski definition) is 6. The Balaban J connectivity index is 1.25. The Morgan fingerprint density at radius 3 is 2.06 bits per heavy atom. The van der Waals surface area contributed by atoms with E-state index in [1.165, 1.54) is 7.11 Å². The second-order valence-electron chi connectivity index (χ2n) is 11.8. The summed E-state index contributed by atoms with van der Waals surface area (Å²) in [6.45, 7) is 9.89. The van der Waals surface area contributed by atoms with Gasteiger partial charge in [-0.05, 0) is 78.1 Å². The predicted molar refractivity (Wildman–Crippen MR) is 132 cm³/mol. The van der Waals surface area contributed by atoms with Crippen LogP contribution in [0.1, 0.15) is 72.1 Å². The molecule has 198 valence electrons. The van der Waals surface area contributed by atoms with Gasteiger partial charge in [-0.25, -0.2) is 9.59 Å². The van der Waals surface area contributed by atoms with E-state index in [1.807, 2.05) is 25.7 Å². The van der Waals surface area contributed by atoms with Crippen LogP contribution in [0.5, 0.6) is 0 Å². The Hall–Kier alpha value is -2.03. The van der Waals surface area contributed by atoms with Crippen molar-refractivity contribution < 1.29 is 23.9 Å². The van der Waals surface area contributed by atoms with E-state index >= 15 is 0 Å². The van der Waals surface area contributed by atoms with Crippen molar-refractivity contribution in [1.29, 1.82) is 0 Å². The molecule has 35 heavy (non-hydrogen) atoms. The van der Waals surface area contributed by atoms with Crippen LogP contribution in [0.2, 0.25) is 0 Å². The molecule has 4 aliphatic rings. The van der Waals surface area contributed by atoms with E-state index in [2.05, 4.69) is 15.1 Å². The quantitative estimate of drug-likeness (QED) is 0.606. The highest BCUT2D eigenvalue weighted by Gasteiger charge is 2.43. The molecule has 1 unspecified atom stereocenters. The number of hydrogen-bond donors (Lipinski definition) is 1. The van der Waals surface area contributed by atoms with E-state index in [4.69, 9.17) is 9.47 Å². The summed E-state index contributed by atoms with van der Waals surface area (Å²) in [5.41, 5.74) is -0.462. The minimum absolute atomic E-state index is 0.0136. The van der Waals surface area contributed by atoms with Crippen LogP contribution in [0.3, 0.4) is 0 Å². The van der Waals surface area contributed by atoms with Crippen molar-refractivity contribution in [2.24, 2.45) is 11.8 Å². The molecule has 3 aliphatic heterocycles. The fourth-order valence-electron chi connectivity index (χ4n) is 6.54. The molecule has 3 amide bonds. The van der Waals surface area contributed by atoms with E-state index in [9.17, 15) is 14.4 Å². The molecular weight excluding hydrogens is 448 g/mol. The number of likely N-dealkylation sites (tertiary alicyclic amines) is 2. The van der Waals surface area contributed by atoms with Gasteiger partial charge in [-0.1, -0.05) is 0 Å². The summed E-state index contributed by atoms with van der Waals surface area (Å²) in [5.74, 6) is 0.370. The van der Waals surface area contributed by atoms with Crippen LogP contribution in [-0.2, 0) is 14.3 Å². The van der Waals surface area contributed by atoms with Crippen LogP contribution in [0.25, 0.3) is 0 Å². The lowest BCUT2D eigenvalue weighted by molar-refractivity contribution is -0.147. The number of nitrogens with zero attached hydrogens (tertiary/aromatic N) is 3. The summed E-state index contributed by atoms with van der Waals surface area (Å²) in [5, 5.41) is 3.10. The lowest BCUT2D eigenvalue weighted by Gasteiger charge is -2.45. The van der Waals surface area contributed by atoms with Crippen molar-refractivity contribution in [2.75, 3.05) is 39.8 Å². The third-order valence-electron chi connectivity index (χ3n) is 8.43. The number of rotatable bonds is 4. The van der Waals surface area contributed by atoms with Crippen molar-refractivity contribution in [3.05, 3.63) is 0 Å². The molecule has 1 atom stereocenters. The van der Waals surface area contributed by atoms with Crippen LogP contribution >= 0.6 is 0 Å². The smallest absolute Gasteiger partial charge is 0.410 e. The number of nitrogens with one attached hydrogen (secondary N) is 1. The van der Waals surface area contributed by atoms with E-state index in [-0.39, 0.29) is 36.1 Å². The first-order valence-electron chi connectivity index (χ1n) is 13.5. The zero-order chi connectivity index (χ0) is 25.2. The van der Waals surface area contributed by atoms with Gasteiger partial charge in [-0.2, -0.15) is 0 Å². The SMILES string of the molecule is COC(=O)[C@H]1CC[C@H](C2CNC(=O)N2C2CCN(C3CCN(C(=O)OC(C)(C)C)CC3)CC2)CC1. The van der Waals surface area contributed by atoms with Gasteiger partial charge in [-0.3, -0.25) is 4.79 Å². The molecule has 0 aromatic heterocycles. The third kappa shape index (κ3) is 6.22. The van der Waals surface area contributed by atoms with Crippen LogP contribution in [0.4, 0.5) is 9.59 Å². The number of esters is 1. The number of amides is 3. The molecule has 1 N–H and O–H groups in total. The Kier molecular flexibility index (Phi) is 8.13. The van der Waals surface area contributed by atoms with Gasteiger partial charge in [-0.15, -0.1) is 0 Å². The van der Waals surface area contributed by atoms with Gasteiger partial charge in [0.1, 0.15) is 5.60 Å². The van der Waals surface area contributed by atoms with Gasteiger partial charge in [0, 0.05) is 44.8 Å². The van der Waals surface area contributed by atoms with Crippen LogP contribution in [-0.4, -0.2) is 96.4 Å². The summed E-state index contributed by atoms with van der Waals surface area (Å²) in [6.07, 6.45) is 7.39. The second-order valence-corrected chi connectivity index (χ2v) is 11.8. The first-order valence-corrected chi connectivity index (χ1v) is 13.5. The van der Waals surface area contributed by atoms with Gasteiger partial charge in [0.05, 0.1) is 19.1 Å². The van der Waals surface area contributed by atoms with Crippen LogP contribution in [0, 0.1) is 11.8 Å². The standard InChI is InChI=1S/C26H44N4O5/c1-26(2,3)35-25(33)29-15-9-20(10-16-29)28-13-11-21(12-14-28)30-22(17-27-24(30)32)18-5-7-19(8-6-18)23(31)34-4/h18-22H,5-17H2,1-4H3,(H,27,32)/t18-,19-,22?. The fraction of sp³-hybridized carbons (Fsp3) is 0.885. The van der Waals surface area contributed by atoms with Crippen LogP contribution in [0.15, 0.2) is 0 Å². The molecule has 9 nitrogen and oxygen atoms in total. The van der Waals surface area contributed by atoms with Crippen molar-refractivity contribution in [2.45, 2.75) is 95.9 Å². The molecule has 4 fully saturated rings. The fourth-order valence-corrected chi connectivity index (χ4v) is 6.54. The van der Waals surface area contributed by atoms with Gasteiger partial charge in [0.25, 0.3) is 0 Å². The van der Waals surface area contributed by atoms with Crippen LogP contribution < -0.4 is 5.32 Å². The van der Waals surface area contributed by atoms with E-state index in [0.717, 1.165) is 84.1 Å². The lowest BCUT2D eigenvalue weighted by Crippen LogP contribution is -2.54. The molecule has 0 radical (unpaired) electrons. The van der Waals surface area contributed by atoms with Gasteiger partial charge in [0.2, 0.25) is 0 Å². The lowest BCUT2D eigenvalue weighted by atomic mass is 9.78. The Morgan fingerprint density at radius 2 is 1.49 bits per heavy atom. The summed E-state index contributed by atoms with van der Waals surface area (Å²) >= 11 is 0. The minimum Gasteiger partial charge on any atom is -0.469 e. The largest absolute Gasteiger partial charge is 0.469 e. The summed E-state index contributed by atoms with van der Waals surface area (Å²) < 4.78 is 10.5. The average molecular weight is 493 g/mol. The third-order valence-corrected chi connectivity index (χ3v) is 8.43. The maximum absolute atomic E-state index is 12.8. The maximum Gasteiger partial charge on any atom is 0.410 e. The average Bonchev–Trinajstić information content (AvgIpc) is 3.24. The monoisotopic (exact) mass is 492 g/mol. The van der Waals surface area contributed by atoms with Gasteiger partial charge < -0.3 is 29.5 Å². The number of ether oxygens (including phenoxy) is 2. The molecule has 1 aliphatic carbocycles. The Morgan fingerprint density at radius 1 is 0.886 bits per heavy atom. The summed E-state index contributed by atoms with van der Waals surface area (Å²) in [7, 11) is 1.46. The van der Waals surface area contributed by atoms with E-state index in [1.54, 1.807) is 0 Å². The predicted octanol–water partition coefficient (Wildman–Crippen LogP) is 3.22. The molecule has 0 bridgehead atoms. The molecule has 0 spiro atoms. The molecule has 3 saturated heterocycles. The number of carbonyl (C=O) groups is 3. The number of methoxy groups -OCH3 is 1. The zero-order valence-electron chi connectivity index (χ0n) is 22.0. The van der Waals surface area contributed by atoms with Gasteiger partial charge >= 0.3 is 18.1 Å². The first kappa shape index (κ1) is 26.0. The van der Waals surface area contributed by atoms with Crippen molar-refractivity contribution in [3.8, 4) is 0 Å². The molecule has 1 saturated carbocycles. The topological polar surface area (TPSA) is 91.4 Å². The van der Waals surface area contributed by atoms with Gasteiger partial charge in [0.15, 0.2) is 0 Å².